The SMILES string of the molecule is c1ccc(-c2cccc(N3c4ccccc4COc4ccc(-c5nccs5)cc43)c2)nc1. The van der Waals surface area contributed by atoms with Crippen LogP contribution < -0.4 is 9.64 Å². The zero-order valence-electron chi connectivity index (χ0n) is 17.2. The van der Waals surface area contributed by atoms with Crippen LogP contribution in [-0.2, 0) is 6.61 Å². The van der Waals surface area contributed by atoms with E-state index in [4.69, 9.17) is 4.74 Å². The second kappa shape index (κ2) is 7.94. The molecule has 0 amide bonds. The summed E-state index contributed by atoms with van der Waals surface area (Å²) in [5, 5.41) is 2.99. The fraction of sp³-hybridized carbons (Fsp3) is 0.0370. The molecule has 1 aliphatic heterocycles. The quantitative estimate of drug-likeness (QED) is 0.301. The van der Waals surface area contributed by atoms with Crippen LogP contribution in [0.15, 0.2) is 103 Å². The Morgan fingerprint density at radius 1 is 0.750 bits per heavy atom. The van der Waals surface area contributed by atoms with Gasteiger partial charge in [-0.3, -0.25) is 4.98 Å². The fourth-order valence-corrected chi connectivity index (χ4v) is 4.70. The summed E-state index contributed by atoms with van der Waals surface area (Å²) in [6.07, 6.45) is 3.66. The third-order valence-corrected chi connectivity index (χ3v) is 6.38. The lowest BCUT2D eigenvalue weighted by atomic mass is 10.1. The lowest BCUT2D eigenvalue weighted by Gasteiger charge is -2.26. The fourth-order valence-electron chi connectivity index (χ4n) is 4.07. The smallest absolute Gasteiger partial charge is 0.143 e. The van der Waals surface area contributed by atoms with E-state index in [-0.39, 0.29) is 0 Å². The van der Waals surface area contributed by atoms with Gasteiger partial charge >= 0.3 is 0 Å². The zero-order chi connectivity index (χ0) is 21.3. The number of para-hydroxylation sites is 1. The number of ether oxygens (including phenoxy) is 1. The topological polar surface area (TPSA) is 38.2 Å². The molecule has 3 aromatic carbocycles. The molecular formula is C27H19N3OS. The van der Waals surface area contributed by atoms with E-state index in [9.17, 15) is 0 Å². The summed E-state index contributed by atoms with van der Waals surface area (Å²) in [5.41, 5.74) is 7.41. The molecule has 0 fully saturated rings. The van der Waals surface area contributed by atoms with Gasteiger partial charge in [0.25, 0.3) is 0 Å². The van der Waals surface area contributed by atoms with Crippen LogP contribution in [0.4, 0.5) is 17.1 Å². The van der Waals surface area contributed by atoms with Crippen molar-refractivity contribution >= 4 is 28.4 Å². The van der Waals surface area contributed by atoms with Crippen LogP contribution in [0.25, 0.3) is 21.8 Å². The van der Waals surface area contributed by atoms with Crippen molar-refractivity contribution in [3.8, 4) is 27.6 Å². The molecule has 0 atom stereocenters. The van der Waals surface area contributed by atoms with Gasteiger partial charge in [0.05, 0.1) is 17.1 Å². The third kappa shape index (κ3) is 3.33. The van der Waals surface area contributed by atoms with Gasteiger partial charge in [-0.2, -0.15) is 0 Å². The molecule has 0 aliphatic carbocycles. The van der Waals surface area contributed by atoms with E-state index >= 15 is 0 Å². The minimum atomic E-state index is 0.524. The number of hydrogen-bond acceptors (Lipinski definition) is 5. The Morgan fingerprint density at radius 3 is 2.56 bits per heavy atom. The number of nitrogens with zero attached hydrogens (tertiary/aromatic N) is 3. The van der Waals surface area contributed by atoms with Crippen LogP contribution in [-0.4, -0.2) is 9.97 Å². The Kier molecular flexibility index (Phi) is 4.66. The van der Waals surface area contributed by atoms with Gasteiger partial charge in [0, 0.05) is 40.2 Å². The Hall–Kier alpha value is -3.96. The highest BCUT2D eigenvalue weighted by molar-refractivity contribution is 7.13. The van der Waals surface area contributed by atoms with Gasteiger partial charge in [-0.25, -0.2) is 4.98 Å². The van der Waals surface area contributed by atoms with Crippen LogP contribution >= 0.6 is 11.3 Å². The number of rotatable bonds is 3. The van der Waals surface area contributed by atoms with Crippen LogP contribution in [0.2, 0.25) is 0 Å². The number of hydrogen-bond donors (Lipinski definition) is 0. The molecule has 0 spiro atoms. The molecule has 0 saturated heterocycles. The summed E-state index contributed by atoms with van der Waals surface area (Å²) in [6.45, 7) is 0.524. The summed E-state index contributed by atoms with van der Waals surface area (Å²) >= 11 is 1.64. The molecule has 4 nitrogen and oxygen atoms in total. The van der Waals surface area contributed by atoms with E-state index in [2.05, 4.69) is 75.5 Å². The van der Waals surface area contributed by atoms with E-state index in [1.54, 1.807) is 11.3 Å². The second-order valence-electron chi connectivity index (χ2n) is 7.54. The first kappa shape index (κ1) is 18.8. The molecule has 2 aromatic heterocycles. The van der Waals surface area contributed by atoms with Gasteiger partial charge in [-0.15, -0.1) is 11.3 Å². The molecule has 0 bridgehead atoms. The van der Waals surface area contributed by atoms with E-state index in [0.29, 0.717) is 6.61 Å². The predicted octanol–water partition coefficient (Wildman–Crippen LogP) is 7.23. The normalized spacial score (nSPS) is 12.4. The summed E-state index contributed by atoms with van der Waals surface area (Å²) in [5.74, 6) is 0.852. The molecule has 32 heavy (non-hydrogen) atoms. The first-order valence-electron chi connectivity index (χ1n) is 10.4. The molecule has 1 aliphatic rings. The minimum Gasteiger partial charge on any atom is -0.487 e. The van der Waals surface area contributed by atoms with E-state index in [1.165, 1.54) is 0 Å². The predicted molar refractivity (Wildman–Crippen MR) is 130 cm³/mol. The Morgan fingerprint density at radius 2 is 1.69 bits per heavy atom. The van der Waals surface area contributed by atoms with Gasteiger partial charge in [0.1, 0.15) is 17.4 Å². The number of anilines is 3. The van der Waals surface area contributed by atoms with Gasteiger partial charge < -0.3 is 9.64 Å². The maximum atomic E-state index is 6.24. The molecule has 5 aromatic rings. The van der Waals surface area contributed by atoms with Gasteiger partial charge in [0.2, 0.25) is 0 Å². The van der Waals surface area contributed by atoms with Crippen LogP contribution in [0.5, 0.6) is 5.75 Å². The molecule has 5 heteroatoms. The highest BCUT2D eigenvalue weighted by Gasteiger charge is 2.24. The number of thiazole rings is 1. The summed E-state index contributed by atoms with van der Waals surface area (Å²) in [7, 11) is 0. The van der Waals surface area contributed by atoms with Crippen LogP contribution in [0, 0.1) is 0 Å². The van der Waals surface area contributed by atoms with Crippen LogP contribution in [0.1, 0.15) is 5.56 Å². The third-order valence-electron chi connectivity index (χ3n) is 5.56. The first-order valence-corrected chi connectivity index (χ1v) is 11.3. The largest absolute Gasteiger partial charge is 0.487 e. The molecule has 0 radical (unpaired) electrons. The Balaban J connectivity index is 1.56. The van der Waals surface area contributed by atoms with Crippen molar-refractivity contribution in [2.75, 3.05) is 4.90 Å². The highest BCUT2D eigenvalue weighted by Crippen LogP contribution is 2.46. The molecule has 0 saturated carbocycles. The standard InChI is InChI=1S/C27H19N3OS/c1-2-10-24-21(6-1)18-31-26-12-11-20(27-29-14-15-32-27)17-25(26)30(24)22-8-5-7-19(16-22)23-9-3-4-13-28-23/h1-17H,18H2. The van der Waals surface area contributed by atoms with Crippen molar-refractivity contribution in [3.05, 3.63) is 108 Å². The average Bonchev–Trinajstić information content (AvgIpc) is 3.34. The number of fused-ring (bicyclic) bond motifs is 2. The molecule has 3 heterocycles. The number of pyridine rings is 1. The molecule has 0 N–H and O–H groups in total. The zero-order valence-corrected chi connectivity index (χ0v) is 18.0. The van der Waals surface area contributed by atoms with Crippen molar-refractivity contribution in [1.82, 2.24) is 9.97 Å². The van der Waals surface area contributed by atoms with Crippen LogP contribution in [0.3, 0.4) is 0 Å². The lowest BCUT2D eigenvalue weighted by molar-refractivity contribution is 0.310. The van der Waals surface area contributed by atoms with Gasteiger partial charge in [-0.05, 0) is 48.5 Å². The maximum absolute atomic E-state index is 6.24. The van der Waals surface area contributed by atoms with Crippen molar-refractivity contribution < 1.29 is 4.74 Å². The Bertz CT molecular complexity index is 1380. The summed E-state index contributed by atoms with van der Waals surface area (Å²) < 4.78 is 6.24. The highest BCUT2D eigenvalue weighted by atomic mass is 32.1. The van der Waals surface area contributed by atoms with Crippen molar-refractivity contribution in [3.63, 3.8) is 0 Å². The van der Waals surface area contributed by atoms with E-state index < -0.39 is 0 Å². The van der Waals surface area contributed by atoms with Crippen molar-refractivity contribution in [2.45, 2.75) is 6.61 Å². The number of benzene rings is 3. The minimum absolute atomic E-state index is 0.524. The maximum Gasteiger partial charge on any atom is 0.143 e. The molecule has 154 valence electrons. The van der Waals surface area contributed by atoms with E-state index in [1.807, 2.05) is 42.0 Å². The van der Waals surface area contributed by atoms with Gasteiger partial charge in [0.15, 0.2) is 0 Å². The average molecular weight is 434 g/mol. The first-order chi connectivity index (χ1) is 15.9. The number of aromatic nitrogens is 2. The second-order valence-corrected chi connectivity index (χ2v) is 8.43. The van der Waals surface area contributed by atoms with E-state index in [0.717, 1.165) is 50.2 Å². The molecular weight excluding hydrogens is 414 g/mol. The van der Waals surface area contributed by atoms with Crippen molar-refractivity contribution in [1.29, 1.82) is 0 Å². The lowest BCUT2D eigenvalue weighted by Crippen LogP contribution is -2.11. The Labute approximate surface area is 190 Å². The van der Waals surface area contributed by atoms with Gasteiger partial charge in [-0.1, -0.05) is 36.4 Å². The van der Waals surface area contributed by atoms with Crippen molar-refractivity contribution in [2.24, 2.45) is 0 Å². The monoisotopic (exact) mass is 433 g/mol. The molecule has 0 unspecified atom stereocenters. The summed E-state index contributed by atoms with van der Waals surface area (Å²) in [6, 6.07) is 29.2. The molecule has 6 rings (SSSR count). The summed E-state index contributed by atoms with van der Waals surface area (Å²) in [4.78, 5) is 11.3.